The van der Waals surface area contributed by atoms with E-state index in [0.29, 0.717) is 18.6 Å². The standard InChI is InChI=1S/C12H24O2/c1-2-5-11(10-13)6-3-7-12-8-4-9-14-12/h11-13H,2-10H2,1H3. The van der Waals surface area contributed by atoms with E-state index < -0.39 is 0 Å². The van der Waals surface area contributed by atoms with Crippen molar-refractivity contribution in [3.63, 3.8) is 0 Å². The number of aliphatic hydroxyl groups is 1. The van der Waals surface area contributed by atoms with Crippen LogP contribution in [0.2, 0.25) is 0 Å². The summed E-state index contributed by atoms with van der Waals surface area (Å²) in [6, 6.07) is 0. The molecule has 0 aliphatic carbocycles. The second-order valence-electron chi connectivity index (χ2n) is 4.40. The van der Waals surface area contributed by atoms with E-state index in [4.69, 9.17) is 9.84 Å². The first-order valence-corrected chi connectivity index (χ1v) is 6.09. The molecule has 1 aliphatic rings. The smallest absolute Gasteiger partial charge is 0.0576 e. The highest BCUT2D eigenvalue weighted by molar-refractivity contribution is 4.66. The Morgan fingerprint density at radius 3 is 2.86 bits per heavy atom. The summed E-state index contributed by atoms with van der Waals surface area (Å²) in [6.45, 7) is 3.51. The summed E-state index contributed by atoms with van der Waals surface area (Å²) in [4.78, 5) is 0. The van der Waals surface area contributed by atoms with Gasteiger partial charge in [0.2, 0.25) is 0 Å². The molecule has 1 heterocycles. The van der Waals surface area contributed by atoms with E-state index in [1.807, 2.05) is 0 Å². The fourth-order valence-corrected chi connectivity index (χ4v) is 2.24. The van der Waals surface area contributed by atoms with Crippen LogP contribution in [0.4, 0.5) is 0 Å². The largest absolute Gasteiger partial charge is 0.396 e. The predicted octanol–water partition coefficient (Wildman–Crippen LogP) is 2.74. The maximum atomic E-state index is 9.12. The first-order valence-electron chi connectivity index (χ1n) is 6.09. The first-order chi connectivity index (χ1) is 6.86. The van der Waals surface area contributed by atoms with Crippen LogP contribution in [0.1, 0.15) is 51.9 Å². The molecule has 1 N–H and O–H groups in total. The summed E-state index contributed by atoms with van der Waals surface area (Å²) in [5.41, 5.74) is 0. The first kappa shape index (κ1) is 12.0. The van der Waals surface area contributed by atoms with Gasteiger partial charge in [0.15, 0.2) is 0 Å². The van der Waals surface area contributed by atoms with E-state index in [9.17, 15) is 0 Å². The number of ether oxygens (including phenoxy) is 1. The lowest BCUT2D eigenvalue weighted by Gasteiger charge is -2.14. The normalized spacial score (nSPS) is 24.0. The summed E-state index contributed by atoms with van der Waals surface area (Å²) >= 11 is 0. The predicted molar refractivity (Wildman–Crippen MR) is 58.3 cm³/mol. The molecule has 0 radical (unpaired) electrons. The Morgan fingerprint density at radius 1 is 1.43 bits per heavy atom. The average Bonchev–Trinajstić information content (AvgIpc) is 2.69. The van der Waals surface area contributed by atoms with Crippen LogP contribution >= 0.6 is 0 Å². The molecule has 1 rings (SSSR count). The van der Waals surface area contributed by atoms with Crippen LogP contribution in [0, 0.1) is 5.92 Å². The molecular weight excluding hydrogens is 176 g/mol. The van der Waals surface area contributed by atoms with Crippen LogP contribution in [-0.2, 0) is 4.74 Å². The van der Waals surface area contributed by atoms with Gasteiger partial charge >= 0.3 is 0 Å². The molecule has 0 spiro atoms. The molecule has 0 aromatic rings. The van der Waals surface area contributed by atoms with Crippen molar-refractivity contribution < 1.29 is 9.84 Å². The van der Waals surface area contributed by atoms with Crippen LogP contribution < -0.4 is 0 Å². The van der Waals surface area contributed by atoms with Crippen molar-refractivity contribution in [3.8, 4) is 0 Å². The Labute approximate surface area is 87.7 Å². The van der Waals surface area contributed by atoms with Crippen molar-refractivity contribution in [1.29, 1.82) is 0 Å². The Bertz CT molecular complexity index is 130. The van der Waals surface area contributed by atoms with E-state index in [-0.39, 0.29) is 0 Å². The number of rotatable bonds is 7. The molecule has 84 valence electrons. The Balaban J connectivity index is 2.00. The average molecular weight is 200 g/mol. The number of hydrogen-bond acceptors (Lipinski definition) is 2. The third-order valence-corrected chi connectivity index (χ3v) is 3.12. The third-order valence-electron chi connectivity index (χ3n) is 3.12. The molecule has 14 heavy (non-hydrogen) atoms. The van der Waals surface area contributed by atoms with E-state index in [1.165, 1.54) is 44.9 Å². The lowest BCUT2D eigenvalue weighted by Crippen LogP contribution is -2.09. The van der Waals surface area contributed by atoms with Crippen molar-refractivity contribution in [3.05, 3.63) is 0 Å². The molecule has 0 aromatic heterocycles. The monoisotopic (exact) mass is 200 g/mol. The van der Waals surface area contributed by atoms with E-state index in [0.717, 1.165) is 6.61 Å². The Kier molecular flexibility index (Phi) is 6.20. The van der Waals surface area contributed by atoms with E-state index >= 15 is 0 Å². The molecule has 2 atom stereocenters. The van der Waals surface area contributed by atoms with E-state index in [2.05, 4.69) is 6.92 Å². The summed E-state index contributed by atoms with van der Waals surface area (Å²) in [5, 5.41) is 9.12. The summed E-state index contributed by atoms with van der Waals surface area (Å²) in [5.74, 6) is 0.529. The minimum Gasteiger partial charge on any atom is -0.396 e. The molecule has 1 saturated heterocycles. The van der Waals surface area contributed by atoms with Crippen molar-refractivity contribution in [2.75, 3.05) is 13.2 Å². The maximum Gasteiger partial charge on any atom is 0.0576 e. The molecule has 0 amide bonds. The zero-order chi connectivity index (χ0) is 10.2. The van der Waals surface area contributed by atoms with Crippen LogP contribution in [-0.4, -0.2) is 24.4 Å². The van der Waals surface area contributed by atoms with Gasteiger partial charge in [-0.1, -0.05) is 19.8 Å². The van der Waals surface area contributed by atoms with Crippen LogP contribution in [0.25, 0.3) is 0 Å². The van der Waals surface area contributed by atoms with Crippen molar-refractivity contribution in [2.45, 2.75) is 58.0 Å². The summed E-state index contributed by atoms with van der Waals surface area (Å²) in [7, 11) is 0. The summed E-state index contributed by atoms with van der Waals surface area (Å²) in [6.07, 6.45) is 8.95. The van der Waals surface area contributed by atoms with Gasteiger partial charge in [-0.05, 0) is 38.0 Å². The molecule has 1 fully saturated rings. The van der Waals surface area contributed by atoms with Gasteiger partial charge in [0.25, 0.3) is 0 Å². The lowest BCUT2D eigenvalue weighted by atomic mass is 9.96. The molecule has 2 unspecified atom stereocenters. The van der Waals surface area contributed by atoms with Gasteiger partial charge in [-0.2, -0.15) is 0 Å². The molecule has 1 aliphatic heterocycles. The molecule has 2 heteroatoms. The molecule has 0 aromatic carbocycles. The second kappa shape index (κ2) is 7.24. The molecular formula is C12H24O2. The van der Waals surface area contributed by atoms with Crippen LogP contribution in [0.15, 0.2) is 0 Å². The highest BCUT2D eigenvalue weighted by Crippen LogP contribution is 2.20. The van der Waals surface area contributed by atoms with Gasteiger partial charge in [0, 0.05) is 13.2 Å². The van der Waals surface area contributed by atoms with Crippen molar-refractivity contribution in [1.82, 2.24) is 0 Å². The topological polar surface area (TPSA) is 29.5 Å². The third kappa shape index (κ3) is 4.43. The van der Waals surface area contributed by atoms with Gasteiger partial charge in [-0.25, -0.2) is 0 Å². The van der Waals surface area contributed by atoms with Crippen LogP contribution in [0.3, 0.4) is 0 Å². The SMILES string of the molecule is CCCC(CO)CCCC1CCCO1. The Morgan fingerprint density at radius 2 is 2.29 bits per heavy atom. The highest BCUT2D eigenvalue weighted by Gasteiger charge is 2.15. The zero-order valence-corrected chi connectivity index (χ0v) is 9.37. The van der Waals surface area contributed by atoms with Crippen molar-refractivity contribution in [2.24, 2.45) is 5.92 Å². The summed E-state index contributed by atoms with van der Waals surface area (Å²) < 4.78 is 5.57. The fourth-order valence-electron chi connectivity index (χ4n) is 2.24. The van der Waals surface area contributed by atoms with Crippen LogP contribution in [0.5, 0.6) is 0 Å². The van der Waals surface area contributed by atoms with Gasteiger partial charge in [-0.3, -0.25) is 0 Å². The number of hydrogen-bond donors (Lipinski definition) is 1. The van der Waals surface area contributed by atoms with Crippen molar-refractivity contribution >= 4 is 0 Å². The van der Waals surface area contributed by atoms with Gasteiger partial charge in [-0.15, -0.1) is 0 Å². The minimum atomic E-state index is 0.360. The van der Waals surface area contributed by atoms with E-state index in [1.54, 1.807) is 0 Å². The fraction of sp³-hybridized carbons (Fsp3) is 1.00. The highest BCUT2D eigenvalue weighted by atomic mass is 16.5. The molecule has 2 nitrogen and oxygen atoms in total. The molecule has 0 bridgehead atoms. The minimum absolute atomic E-state index is 0.360. The van der Waals surface area contributed by atoms with Gasteiger partial charge in [0.05, 0.1) is 6.10 Å². The maximum absolute atomic E-state index is 9.12. The molecule has 0 saturated carbocycles. The quantitative estimate of drug-likeness (QED) is 0.684. The second-order valence-corrected chi connectivity index (χ2v) is 4.40. The van der Waals surface area contributed by atoms with Gasteiger partial charge in [0.1, 0.15) is 0 Å². The number of aliphatic hydroxyl groups excluding tert-OH is 1. The Hall–Kier alpha value is -0.0800. The van der Waals surface area contributed by atoms with Gasteiger partial charge < -0.3 is 9.84 Å². The lowest BCUT2D eigenvalue weighted by molar-refractivity contribution is 0.0987. The zero-order valence-electron chi connectivity index (χ0n) is 9.37.